The van der Waals surface area contributed by atoms with Gasteiger partial charge < -0.3 is 14.2 Å². The first-order valence-electron chi connectivity index (χ1n) is 8.90. The summed E-state index contributed by atoms with van der Waals surface area (Å²) >= 11 is 0. The van der Waals surface area contributed by atoms with Crippen molar-refractivity contribution in [2.45, 2.75) is 18.4 Å². The van der Waals surface area contributed by atoms with Gasteiger partial charge in [-0.2, -0.15) is 4.31 Å². The minimum absolute atomic E-state index is 0.0538. The Morgan fingerprint density at radius 1 is 1.14 bits per heavy atom. The molecular weight excluding hydrogens is 382 g/mol. The van der Waals surface area contributed by atoms with Crippen molar-refractivity contribution < 1.29 is 27.4 Å². The highest BCUT2D eigenvalue weighted by molar-refractivity contribution is 7.89. The molecule has 1 aliphatic rings. The van der Waals surface area contributed by atoms with E-state index in [2.05, 4.69) is 0 Å². The first-order chi connectivity index (χ1) is 13.4. The van der Waals surface area contributed by atoms with Crippen LogP contribution in [0.25, 0.3) is 0 Å². The highest BCUT2D eigenvalue weighted by Crippen LogP contribution is 2.28. The summed E-state index contributed by atoms with van der Waals surface area (Å²) in [5.74, 6) is -0.413. The Bertz CT molecular complexity index is 951. The molecule has 8 heteroatoms. The first kappa shape index (κ1) is 20.3. The number of aryl methyl sites for hydroxylation is 1. The molecule has 1 fully saturated rings. The van der Waals surface area contributed by atoms with Gasteiger partial charge in [-0.15, -0.1) is 0 Å². The molecule has 0 aliphatic carbocycles. The van der Waals surface area contributed by atoms with Crippen molar-refractivity contribution in [3.05, 3.63) is 59.2 Å². The van der Waals surface area contributed by atoms with Crippen molar-refractivity contribution >= 4 is 16.0 Å². The number of rotatable bonds is 6. The highest BCUT2D eigenvalue weighted by atomic mass is 32.2. The van der Waals surface area contributed by atoms with Gasteiger partial charge in [0.05, 0.1) is 25.9 Å². The maximum Gasteiger partial charge on any atom is 0.338 e. The number of methoxy groups -OCH3 is 1. The third-order valence-electron chi connectivity index (χ3n) is 4.44. The molecule has 2 aromatic rings. The monoisotopic (exact) mass is 405 g/mol. The molecule has 1 aliphatic heterocycles. The Kier molecular flexibility index (Phi) is 6.33. The van der Waals surface area contributed by atoms with Crippen molar-refractivity contribution in [2.75, 3.05) is 33.4 Å². The molecule has 0 N–H and O–H groups in total. The van der Waals surface area contributed by atoms with Crippen LogP contribution in [0.1, 0.15) is 21.5 Å². The van der Waals surface area contributed by atoms with Crippen molar-refractivity contribution in [2.24, 2.45) is 0 Å². The summed E-state index contributed by atoms with van der Waals surface area (Å²) in [6, 6.07) is 11.9. The average Bonchev–Trinajstić information content (AvgIpc) is 2.72. The van der Waals surface area contributed by atoms with E-state index < -0.39 is 16.0 Å². The van der Waals surface area contributed by atoms with Gasteiger partial charge in [-0.05, 0) is 30.7 Å². The molecule has 0 bridgehead atoms. The van der Waals surface area contributed by atoms with E-state index in [0.29, 0.717) is 13.2 Å². The molecule has 150 valence electrons. The third-order valence-corrected chi connectivity index (χ3v) is 6.36. The molecule has 28 heavy (non-hydrogen) atoms. The number of nitrogens with zero attached hydrogens (tertiary/aromatic N) is 1. The van der Waals surface area contributed by atoms with Crippen LogP contribution in [0.3, 0.4) is 0 Å². The summed E-state index contributed by atoms with van der Waals surface area (Å²) in [5, 5.41) is 0. The average molecular weight is 405 g/mol. The van der Waals surface area contributed by atoms with Crippen LogP contribution in [0.5, 0.6) is 5.75 Å². The van der Waals surface area contributed by atoms with Crippen LogP contribution in [-0.2, 0) is 26.1 Å². The second-order valence-electron chi connectivity index (χ2n) is 6.45. The zero-order valence-corrected chi connectivity index (χ0v) is 16.7. The predicted octanol–water partition coefficient (Wildman–Crippen LogP) is 2.38. The topological polar surface area (TPSA) is 82.1 Å². The maximum absolute atomic E-state index is 13.0. The first-order valence-corrected chi connectivity index (χ1v) is 10.3. The molecule has 7 nitrogen and oxygen atoms in total. The van der Waals surface area contributed by atoms with Crippen molar-refractivity contribution in [3.63, 3.8) is 0 Å². The maximum atomic E-state index is 13.0. The summed E-state index contributed by atoms with van der Waals surface area (Å²) in [7, 11) is -2.42. The Morgan fingerprint density at radius 2 is 1.89 bits per heavy atom. The fourth-order valence-electron chi connectivity index (χ4n) is 2.97. The van der Waals surface area contributed by atoms with Crippen LogP contribution in [0, 0.1) is 6.92 Å². The summed E-state index contributed by atoms with van der Waals surface area (Å²) < 4.78 is 43.1. The van der Waals surface area contributed by atoms with Crippen LogP contribution in [-0.4, -0.2) is 52.1 Å². The van der Waals surface area contributed by atoms with Gasteiger partial charge in [-0.25, -0.2) is 13.2 Å². The molecule has 0 amide bonds. The quantitative estimate of drug-likeness (QED) is 0.687. The molecule has 0 aromatic heterocycles. The lowest BCUT2D eigenvalue weighted by Crippen LogP contribution is -2.40. The van der Waals surface area contributed by atoms with Gasteiger partial charge in [0.1, 0.15) is 17.3 Å². The number of carbonyl (C=O) groups is 1. The summed E-state index contributed by atoms with van der Waals surface area (Å²) in [6.45, 7) is 3.25. The lowest BCUT2D eigenvalue weighted by Gasteiger charge is -2.26. The van der Waals surface area contributed by atoms with Gasteiger partial charge in [0, 0.05) is 13.1 Å². The summed E-state index contributed by atoms with van der Waals surface area (Å²) in [6.07, 6.45) is 0. The van der Waals surface area contributed by atoms with Crippen LogP contribution in [0.2, 0.25) is 0 Å². The van der Waals surface area contributed by atoms with E-state index in [1.165, 1.54) is 29.6 Å². The van der Waals surface area contributed by atoms with Gasteiger partial charge in [0.25, 0.3) is 0 Å². The second kappa shape index (κ2) is 8.72. The van der Waals surface area contributed by atoms with E-state index in [1.54, 1.807) is 0 Å². The predicted molar refractivity (Wildman–Crippen MR) is 103 cm³/mol. The van der Waals surface area contributed by atoms with Crippen LogP contribution in [0.15, 0.2) is 47.4 Å². The van der Waals surface area contributed by atoms with E-state index in [0.717, 1.165) is 11.1 Å². The van der Waals surface area contributed by atoms with E-state index in [1.807, 2.05) is 31.2 Å². The zero-order valence-electron chi connectivity index (χ0n) is 15.9. The van der Waals surface area contributed by atoms with E-state index in [-0.39, 0.29) is 35.9 Å². The number of sulfonamides is 1. The number of benzene rings is 2. The fourth-order valence-corrected chi connectivity index (χ4v) is 4.55. The standard InChI is InChI=1S/C20H23NO6S/c1-15-4-3-5-16(12-15)14-27-20(22)17-6-7-18(25-2)19(13-17)28(23,24)21-8-10-26-11-9-21/h3-7,12-13H,8-11,14H2,1-2H3. The number of ether oxygens (including phenoxy) is 3. The molecule has 0 atom stereocenters. The normalized spacial score (nSPS) is 15.2. The van der Waals surface area contributed by atoms with Gasteiger partial charge in [0.2, 0.25) is 10.0 Å². The van der Waals surface area contributed by atoms with Crippen LogP contribution >= 0.6 is 0 Å². The Labute approximate surface area is 164 Å². The number of carbonyl (C=O) groups excluding carboxylic acids is 1. The fraction of sp³-hybridized carbons (Fsp3) is 0.350. The number of esters is 1. The Hall–Kier alpha value is -2.42. The lowest BCUT2D eigenvalue weighted by atomic mass is 10.1. The second-order valence-corrected chi connectivity index (χ2v) is 8.35. The van der Waals surface area contributed by atoms with E-state index in [4.69, 9.17) is 14.2 Å². The third kappa shape index (κ3) is 4.52. The largest absolute Gasteiger partial charge is 0.495 e. The van der Waals surface area contributed by atoms with Crippen molar-refractivity contribution in [3.8, 4) is 5.75 Å². The van der Waals surface area contributed by atoms with Crippen molar-refractivity contribution in [1.82, 2.24) is 4.31 Å². The van der Waals surface area contributed by atoms with Gasteiger partial charge >= 0.3 is 5.97 Å². The van der Waals surface area contributed by atoms with E-state index >= 15 is 0 Å². The van der Waals surface area contributed by atoms with Crippen LogP contribution in [0.4, 0.5) is 0 Å². The van der Waals surface area contributed by atoms with E-state index in [9.17, 15) is 13.2 Å². The molecule has 0 spiro atoms. The minimum Gasteiger partial charge on any atom is -0.495 e. The molecule has 0 unspecified atom stereocenters. The summed E-state index contributed by atoms with van der Waals surface area (Å²) in [5.41, 5.74) is 2.08. The smallest absolute Gasteiger partial charge is 0.338 e. The molecule has 3 rings (SSSR count). The highest BCUT2D eigenvalue weighted by Gasteiger charge is 2.30. The number of hydrogen-bond donors (Lipinski definition) is 0. The molecule has 0 saturated carbocycles. The molecule has 2 aromatic carbocycles. The number of morpholine rings is 1. The van der Waals surface area contributed by atoms with Gasteiger partial charge in [0.15, 0.2) is 0 Å². The number of hydrogen-bond acceptors (Lipinski definition) is 6. The van der Waals surface area contributed by atoms with Crippen LogP contribution < -0.4 is 4.74 Å². The summed E-state index contributed by atoms with van der Waals surface area (Å²) in [4.78, 5) is 12.4. The Balaban J connectivity index is 1.82. The SMILES string of the molecule is COc1ccc(C(=O)OCc2cccc(C)c2)cc1S(=O)(=O)N1CCOCC1. The molecule has 0 radical (unpaired) electrons. The van der Waals surface area contributed by atoms with Gasteiger partial charge in [-0.3, -0.25) is 0 Å². The zero-order chi connectivity index (χ0) is 20.1. The van der Waals surface area contributed by atoms with Gasteiger partial charge in [-0.1, -0.05) is 29.8 Å². The lowest BCUT2D eigenvalue weighted by molar-refractivity contribution is 0.0472. The molecular formula is C20H23NO6S. The van der Waals surface area contributed by atoms with Crippen molar-refractivity contribution in [1.29, 1.82) is 0 Å². The Morgan fingerprint density at radius 3 is 2.57 bits per heavy atom. The molecule has 1 heterocycles. The molecule has 1 saturated heterocycles. The minimum atomic E-state index is -3.81.